The molecular formula is C18H12F6N4O. The van der Waals surface area contributed by atoms with Gasteiger partial charge in [-0.1, -0.05) is 12.1 Å². The number of hydrogen-bond donors (Lipinski definition) is 0. The summed E-state index contributed by atoms with van der Waals surface area (Å²) in [5, 5.41) is 0. The highest BCUT2D eigenvalue weighted by molar-refractivity contribution is 5.66. The minimum Gasteiger partial charge on any atom is -0.478 e. The fourth-order valence-corrected chi connectivity index (χ4v) is 2.47. The molecule has 0 aliphatic carbocycles. The third-order valence-corrected chi connectivity index (χ3v) is 3.72. The van der Waals surface area contributed by atoms with E-state index in [1.54, 1.807) is 6.92 Å². The van der Waals surface area contributed by atoms with E-state index in [1.165, 1.54) is 6.07 Å². The maximum Gasteiger partial charge on any atom is 0.434 e. The maximum atomic E-state index is 13.3. The molecule has 152 valence electrons. The van der Waals surface area contributed by atoms with Crippen molar-refractivity contribution in [2.45, 2.75) is 19.3 Å². The van der Waals surface area contributed by atoms with E-state index in [9.17, 15) is 26.3 Å². The highest BCUT2D eigenvalue weighted by atomic mass is 19.4. The summed E-state index contributed by atoms with van der Waals surface area (Å²) in [6, 6.07) is 5.11. The van der Waals surface area contributed by atoms with Crippen LogP contribution in [-0.2, 0) is 12.4 Å². The van der Waals surface area contributed by atoms with Crippen LogP contribution in [0.2, 0.25) is 0 Å². The summed E-state index contributed by atoms with van der Waals surface area (Å²) < 4.78 is 83.4. The Hall–Kier alpha value is -3.24. The lowest BCUT2D eigenvalue weighted by molar-refractivity contribution is -0.140. The summed E-state index contributed by atoms with van der Waals surface area (Å²) >= 11 is 0. The van der Waals surface area contributed by atoms with Gasteiger partial charge in [-0.05, 0) is 19.1 Å². The summed E-state index contributed by atoms with van der Waals surface area (Å²) in [4.78, 5) is 15.0. The molecule has 0 unspecified atom stereocenters. The Morgan fingerprint density at radius 1 is 0.931 bits per heavy atom. The van der Waals surface area contributed by atoms with Crippen molar-refractivity contribution in [3.8, 4) is 28.5 Å². The molecule has 0 aliphatic heterocycles. The Bertz CT molecular complexity index is 1000. The Morgan fingerprint density at radius 3 is 2.21 bits per heavy atom. The van der Waals surface area contributed by atoms with Gasteiger partial charge in [0.05, 0.1) is 17.9 Å². The fourth-order valence-electron chi connectivity index (χ4n) is 2.47. The molecule has 0 bridgehead atoms. The summed E-state index contributed by atoms with van der Waals surface area (Å²) in [7, 11) is 0. The zero-order valence-electron chi connectivity index (χ0n) is 14.7. The summed E-state index contributed by atoms with van der Waals surface area (Å²) in [6.07, 6.45) is -7.58. The molecule has 2 aromatic heterocycles. The lowest BCUT2D eigenvalue weighted by Crippen LogP contribution is -2.11. The zero-order chi connectivity index (χ0) is 21.2. The molecule has 0 radical (unpaired) electrons. The van der Waals surface area contributed by atoms with Crippen LogP contribution < -0.4 is 4.74 Å². The van der Waals surface area contributed by atoms with Crippen molar-refractivity contribution in [1.82, 2.24) is 19.9 Å². The smallest absolute Gasteiger partial charge is 0.434 e. The van der Waals surface area contributed by atoms with Crippen molar-refractivity contribution < 1.29 is 31.1 Å². The molecule has 0 aliphatic rings. The first-order valence-corrected chi connectivity index (χ1v) is 8.16. The lowest BCUT2D eigenvalue weighted by atomic mass is 10.1. The van der Waals surface area contributed by atoms with Gasteiger partial charge in [-0.2, -0.15) is 31.3 Å². The second-order valence-electron chi connectivity index (χ2n) is 5.71. The molecule has 0 amide bonds. The van der Waals surface area contributed by atoms with E-state index in [-0.39, 0.29) is 29.6 Å². The van der Waals surface area contributed by atoms with Crippen LogP contribution in [0.25, 0.3) is 22.6 Å². The van der Waals surface area contributed by atoms with E-state index < -0.39 is 29.2 Å². The van der Waals surface area contributed by atoms with Gasteiger partial charge in [0, 0.05) is 23.4 Å². The molecule has 0 atom stereocenters. The van der Waals surface area contributed by atoms with Crippen LogP contribution in [0.3, 0.4) is 0 Å². The fraction of sp³-hybridized carbons (Fsp3) is 0.222. The second-order valence-corrected chi connectivity index (χ2v) is 5.71. The van der Waals surface area contributed by atoms with E-state index >= 15 is 0 Å². The number of benzene rings is 1. The monoisotopic (exact) mass is 414 g/mol. The van der Waals surface area contributed by atoms with Gasteiger partial charge in [0.25, 0.3) is 0 Å². The summed E-state index contributed by atoms with van der Waals surface area (Å²) in [6.45, 7) is 1.81. The molecule has 1 aromatic carbocycles. The molecule has 0 N–H and O–H groups in total. The maximum absolute atomic E-state index is 13.3. The van der Waals surface area contributed by atoms with Crippen LogP contribution in [0.15, 0.2) is 42.9 Å². The zero-order valence-corrected chi connectivity index (χ0v) is 14.7. The first kappa shape index (κ1) is 20.5. The number of rotatable bonds is 4. The molecule has 3 aromatic rings. The minimum atomic E-state index is -4.76. The predicted octanol–water partition coefficient (Wildman–Crippen LogP) is 5.04. The van der Waals surface area contributed by atoms with Gasteiger partial charge in [0.15, 0.2) is 11.5 Å². The molecular weight excluding hydrogens is 402 g/mol. The van der Waals surface area contributed by atoms with Crippen LogP contribution in [0.5, 0.6) is 5.88 Å². The average molecular weight is 414 g/mol. The molecule has 0 spiro atoms. The summed E-state index contributed by atoms with van der Waals surface area (Å²) in [5.74, 6) is -0.138. The molecule has 0 saturated carbocycles. The van der Waals surface area contributed by atoms with E-state index in [0.29, 0.717) is 0 Å². The minimum absolute atomic E-state index is 0.0376. The number of hydrogen-bond acceptors (Lipinski definition) is 5. The third-order valence-electron chi connectivity index (χ3n) is 3.72. The van der Waals surface area contributed by atoms with Gasteiger partial charge in [-0.3, -0.25) is 0 Å². The van der Waals surface area contributed by atoms with Gasteiger partial charge in [0.2, 0.25) is 5.88 Å². The van der Waals surface area contributed by atoms with Gasteiger partial charge >= 0.3 is 12.4 Å². The highest BCUT2D eigenvalue weighted by Gasteiger charge is 2.36. The van der Waals surface area contributed by atoms with Gasteiger partial charge in [-0.15, -0.1) is 0 Å². The number of halogens is 6. The van der Waals surface area contributed by atoms with Crippen molar-refractivity contribution >= 4 is 0 Å². The lowest BCUT2D eigenvalue weighted by Gasteiger charge is -2.13. The van der Waals surface area contributed by atoms with E-state index in [2.05, 4.69) is 19.9 Å². The van der Waals surface area contributed by atoms with Gasteiger partial charge in [0.1, 0.15) is 6.33 Å². The molecule has 29 heavy (non-hydrogen) atoms. The van der Waals surface area contributed by atoms with Crippen LogP contribution in [0, 0.1) is 0 Å². The van der Waals surface area contributed by atoms with Crippen LogP contribution in [-0.4, -0.2) is 26.5 Å². The van der Waals surface area contributed by atoms with E-state index in [4.69, 9.17) is 4.74 Å². The van der Waals surface area contributed by atoms with Crippen molar-refractivity contribution in [3.63, 3.8) is 0 Å². The van der Waals surface area contributed by atoms with E-state index in [0.717, 1.165) is 36.8 Å². The van der Waals surface area contributed by atoms with Crippen molar-refractivity contribution in [1.29, 1.82) is 0 Å². The Balaban J connectivity index is 2.13. The predicted molar refractivity (Wildman–Crippen MR) is 89.7 cm³/mol. The van der Waals surface area contributed by atoms with Crippen LogP contribution in [0.4, 0.5) is 26.3 Å². The van der Waals surface area contributed by atoms with Gasteiger partial charge < -0.3 is 4.74 Å². The second kappa shape index (κ2) is 7.64. The van der Waals surface area contributed by atoms with Crippen LogP contribution in [0.1, 0.15) is 18.2 Å². The quantitative estimate of drug-likeness (QED) is 0.560. The Morgan fingerprint density at radius 2 is 1.62 bits per heavy atom. The first-order valence-electron chi connectivity index (χ1n) is 8.16. The van der Waals surface area contributed by atoms with Gasteiger partial charge in [-0.25, -0.2) is 15.0 Å². The molecule has 5 nitrogen and oxygen atoms in total. The topological polar surface area (TPSA) is 60.8 Å². The number of alkyl halides is 6. The SMILES string of the molecule is CCOc1cc(-c2cncnc2C(F)(F)F)nc(-c2ccc(C(F)(F)F)cc2)n1. The molecule has 0 fully saturated rings. The standard InChI is InChI=1S/C18H12F6N4O/c1-2-29-14-7-13(12-8-25-9-26-15(12)18(22,23)24)27-16(28-14)10-3-5-11(6-4-10)17(19,20)21/h3-9H,2H2,1H3. The highest BCUT2D eigenvalue weighted by Crippen LogP contribution is 2.36. The number of nitrogens with zero attached hydrogens (tertiary/aromatic N) is 4. The Kier molecular flexibility index (Phi) is 5.40. The van der Waals surface area contributed by atoms with Crippen LogP contribution >= 0.6 is 0 Å². The largest absolute Gasteiger partial charge is 0.478 e. The normalized spacial score (nSPS) is 12.1. The average Bonchev–Trinajstić information content (AvgIpc) is 2.67. The van der Waals surface area contributed by atoms with E-state index in [1.807, 2.05) is 0 Å². The Labute approximate surface area is 160 Å². The van der Waals surface area contributed by atoms with Crippen molar-refractivity contribution in [2.75, 3.05) is 6.61 Å². The van der Waals surface area contributed by atoms with Crippen molar-refractivity contribution in [2.24, 2.45) is 0 Å². The third kappa shape index (κ3) is 4.61. The molecule has 3 rings (SSSR count). The summed E-state index contributed by atoms with van der Waals surface area (Å²) in [5.41, 5.74) is -2.49. The first-order chi connectivity index (χ1) is 13.6. The van der Waals surface area contributed by atoms with Crippen molar-refractivity contribution in [3.05, 3.63) is 54.1 Å². The molecule has 11 heteroatoms. The number of aromatic nitrogens is 4. The molecule has 2 heterocycles. The number of ether oxygens (including phenoxy) is 1. The molecule has 0 saturated heterocycles.